The van der Waals surface area contributed by atoms with Gasteiger partial charge in [0.2, 0.25) is 0 Å². The predicted molar refractivity (Wildman–Crippen MR) is 385 cm³/mol. The van der Waals surface area contributed by atoms with Crippen LogP contribution in [0.15, 0.2) is 0 Å². The maximum atomic E-state index is 2.47. The van der Waals surface area contributed by atoms with Crippen molar-refractivity contribution in [3.63, 3.8) is 0 Å². The van der Waals surface area contributed by atoms with Gasteiger partial charge in [-0.05, 0) is 76.5 Å². The summed E-state index contributed by atoms with van der Waals surface area (Å²) in [5.74, 6) is 0. The number of benzene rings is 8. The molecule has 8 aromatic carbocycles. The Morgan fingerprint density at radius 2 is 0.242 bits per heavy atom. The highest BCUT2D eigenvalue weighted by Crippen LogP contribution is 2.39. The molecule has 0 atom stereocenters. The average molecular weight is 814 g/mol. The zero-order valence-electron chi connectivity index (χ0n) is 46.0. The van der Waals surface area contributed by atoms with Crippen LogP contribution in [0.5, 0.6) is 0 Å². The Hall–Kier alpha value is -3.51. The summed E-state index contributed by atoms with van der Waals surface area (Å²) in [5, 5.41) is 11.5. The van der Waals surface area contributed by atoms with Crippen molar-refractivity contribution in [1.29, 1.82) is 0 Å². The maximum Gasteiger partial charge on any atom is 0.140 e. The molecule has 0 aliphatic carbocycles. The third-order valence-corrected chi connectivity index (χ3v) is 19.3. The van der Waals surface area contributed by atoms with Crippen molar-refractivity contribution in [3.8, 4) is 33.4 Å². The molecule has 0 bridgehead atoms. The van der Waals surface area contributed by atoms with Crippen molar-refractivity contribution < 1.29 is 0 Å². The molecule has 0 unspecified atom stereocenters. The molecule has 0 fully saturated rings. The molecule has 0 aromatic heterocycles. The van der Waals surface area contributed by atoms with Gasteiger partial charge in [-0.15, -0.1) is 54.6 Å². The van der Waals surface area contributed by atoms with Gasteiger partial charge in [-0.3, -0.25) is 0 Å². The highest BCUT2D eigenvalue weighted by Gasteiger charge is 2.31. The summed E-state index contributed by atoms with van der Waals surface area (Å²) in [5.41, 5.74) is 45.1. The standard InChI is InChI=1S/C40H52B26/c41-15-10(25(51)32(58)26(52)11(15)7-8-12(27(53)31(57)21(7)47)28(54)38(64)37(63)22(8)48)2-5-3(17(43)33(59)35(61)19(5)45)1(4-6(2)20(46)36(62)34(60)18(4)44)9-16(42)13-14(24(50)23(9)49)30(56)40(66)39(65)29(13)55/h41-66H2. The number of hydrogen-bond acceptors (Lipinski definition) is 0. The van der Waals surface area contributed by atoms with Crippen LogP contribution in [-0.4, -0.2) is 204 Å². The molecule has 290 valence electrons. The minimum absolute atomic E-state index is 1.39. The quantitative estimate of drug-likeness (QED) is 0.123. The van der Waals surface area contributed by atoms with E-state index in [-0.39, 0.29) is 0 Å². The fraction of sp³-hybridized carbons (Fsp3) is 0. The van der Waals surface area contributed by atoms with E-state index in [1.807, 2.05) is 0 Å². The van der Waals surface area contributed by atoms with Gasteiger partial charge in [0.15, 0.2) is 0 Å². The van der Waals surface area contributed by atoms with Crippen molar-refractivity contribution >= 4 is 389 Å². The molecule has 0 amide bonds. The third kappa shape index (κ3) is 6.29. The van der Waals surface area contributed by atoms with Crippen LogP contribution in [0.25, 0.3) is 76.5 Å². The molecule has 26 heteroatoms. The van der Waals surface area contributed by atoms with Crippen LogP contribution >= 0.6 is 0 Å². The summed E-state index contributed by atoms with van der Waals surface area (Å²) in [6.45, 7) is 0. The Kier molecular flexibility index (Phi) is 12.3. The minimum Gasteiger partial charge on any atom is -0.101 e. The van der Waals surface area contributed by atoms with E-state index in [0.717, 1.165) is 0 Å². The first-order valence-corrected chi connectivity index (χ1v) is 24.8. The van der Waals surface area contributed by atoms with E-state index >= 15 is 0 Å². The van der Waals surface area contributed by atoms with Crippen molar-refractivity contribution in [2.45, 2.75) is 0 Å². The fourth-order valence-corrected chi connectivity index (χ4v) is 13.4. The maximum absolute atomic E-state index is 2.47. The topological polar surface area (TPSA) is 0 Å². The number of fused-ring (bicyclic) bond motifs is 4. The molecular formula is C40H52B26. The molecule has 66 heavy (non-hydrogen) atoms. The first-order chi connectivity index (χ1) is 30.7. The van der Waals surface area contributed by atoms with E-state index in [2.05, 4.69) is 204 Å². The smallest absolute Gasteiger partial charge is 0.101 e. The summed E-state index contributed by atoms with van der Waals surface area (Å²) >= 11 is 0. The lowest BCUT2D eigenvalue weighted by atomic mass is 9.55. The Labute approximate surface area is 419 Å². The second kappa shape index (κ2) is 16.6. The van der Waals surface area contributed by atoms with Crippen LogP contribution in [0.3, 0.4) is 0 Å². The minimum atomic E-state index is 1.39. The molecule has 8 rings (SSSR count). The highest BCUT2D eigenvalue weighted by molar-refractivity contribution is 6.77. The van der Waals surface area contributed by atoms with Gasteiger partial charge in [0.25, 0.3) is 0 Å². The highest BCUT2D eigenvalue weighted by atomic mass is 14.3. The summed E-state index contributed by atoms with van der Waals surface area (Å²) in [6.07, 6.45) is 0. The zero-order chi connectivity index (χ0) is 49.1. The first-order valence-electron chi connectivity index (χ1n) is 24.8. The van der Waals surface area contributed by atoms with Gasteiger partial charge in [-0.25, -0.2) is 0 Å². The molecule has 0 aliphatic heterocycles. The van der Waals surface area contributed by atoms with E-state index in [1.165, 1.54) is 219 Å². The second-order valence-electron chi connectivity index (χ2n) is 21.5. The molecule has 0 heterocycles. The van der Waals surface area contributed by atoms with Gasteiger partial charge in [-0.1, -0.05) is 87.4 Å². The molecule has 0 saturated carbocycles. The lowest BCUT2D eigenvalue weighted by Crippen LogP contribution is -2.54. The third-order valence-electron chi connectivity index (χ3n) is 19.3. The SMILES string of the molecule is Bc1c(B)c(-c2c(B)c(B)c(B)c3c(B)c(B)c(B)c(B)c23)c(B)c(-c2c3c(B)c(B)c(B)c(B)c3c(-c3c(B)c(B)c4c(B)c(B)c(B)c(B)c4c3B)c3c(B)c(B)c(B)c(B)c23)c1B. The Bertz CT molecular complexity index is 3560. The Balaban J connectivity index is 1.74. The number of hydrogen-bond donors (Lipinski definition) is 0. The lowest BCUT2D eigenvalue weighted by molar-refractivity contribution is 1.83. The van der Waals surface area contributed by atoms with Gasteiger partial charge >= 0.3 is 0 Å². The van der Waals surface area contributed by atoms with E-state index in [9.17, 15) is 0 Å². The molecule has 0 spiro atoms. The van der Waals surface area contributed by atoms with E-state index in [4.69, 9.17) is 0 Å². The van der Waals surface area contributed by atoms with E-state index < -0.39 is 0 Å². The Morgan fingerprint density at radius 1 is 0.0909 bits per heavy atom. The summed E-state index contributed by atoms with van der Waals surface area (Å²) in [6, 6.07) is 0. The van der Waals surface area contributed by atoms with Crippen LogP contribution in [0.2, 0.25) is 0 Å². The van der Waals surface area contributed by atoms with E-state index in [0.29, 0.717) is 0 Å². The van der Waals surface area contributed by atoms with Gasteiger partial charge in [0, 0.05) is 0 Å². The van der Waals surface area contributed by atoms with Gasteiger partial charge in [-0.2, -0.15) is 0 Å². The van der Waals surface area contributed by atoms with Crippen LogP contribution in [0, 0.1) is 0 Å². The molecular weight excluding hydrogens is 762 g/mol. The van der Waals surface area contributed by atoms with Crippen LogP contribution in [0.4, 0.5) is 0 Å². The lowest BCUT2D eigenvalue weighted by Gasteiger charge is -2.33. The van der Waals surface area contributed by atoms with Crippen molar-refractivity contribution in [1.82, 2.24) is 0 Å². The zero-order valence-corrected chi connectivity index (χ0v) is 46.0. The van der Waals surface area contributed by atoms with Crippen LogP contribution in [-0.2, 0) is 0 Å². The molecule has 0 N–H and O–H groups in total. The summed E-state index contributed by atoms with van der Waals surface area (Å²) < 4.78 is 0. The van der Waals surface area contributed by atoms with Crippen molar-refractivity contribution in [2.24, 2.45) is 0 Å². The van der Waals surface area contributed by atoms with E-state index in [1.54, 1.807) is 0 Å². The molecule has 0 aliphatic rings. The molecule has 0 saturated heterocycles. The van der Waals surface area contributed by atoms with Crippen LogP contribution in [0.1, 0.15) is 0 Å². The first kappa shape index (κ1) is 48.9. The predicted octanol–water partition coefficient (Wildman–Crippen LogP) is -34.0. The molecule has 0 radical (unpaired) electrons. The average Bonchev–Trinajstić information content (AvgIpc) is 3.28. The second-order valence-corrected chi connectivity index (χ2v) is 21.5. The summed E-state index contributed by atoms with van der Waals surface area (Å²) in [7, 11) is 62.1. The number of rotatable bonds is 3. The Morgan fingerprint density at radius 3 is 0.561 bits per heavy atom. The van der Waals surface area contributed by atoms with Gasteiger partial charge in [0.05, 0.1) is 0 Å². The van der Waals surface area contributed by atoms with Gasteiger partial charge < -0.3 is 0 Å². The summed E-state index contributed by atoms with van der Waals surface area (Å²) in [4.78, 5) is 0. The monoisotopic (exact) mass is 819 g/mol. The molecule has 0 nitrogen and oxygen atoms in total. The van der Waals surface area contributed by atoms with Crippen LogP contribution < -0.4 is 142 Å². The largest absolute Gasteiger partial charge is 0.140 e. The van der Waals surface area contributed by atoms with Gasteiger partial charge in [0.1, 0.15) is 204 Å². The fourth-order valence-electron chi connectivity index (χ4n) is 13.4. The normalized spacial score (nSPS) is 11.7. The van der Waals surface area contributed by atoms with Crippen molar-refractivity contribution in [2.75, 3.05) is 0 Å². The van der Waals surface area contributed by atoms with Crippen molar-refractivity contribution in [3.05, 3.63) is 0 Å². The molecule has 8 aromatic rings.